The predicted octanol–water partition coefficient (Wildman–Crippen LogP) is 4.37. The molecule has 0 radical (unpaired) electrons. The summed E-state index contributed by atoms with van der Waals surface area (Å²) in [5.74, 6) is 3.43. The van der Waals surface area contributed by atoms with E-state index in [1.807, 2.05) is 0 Å². The second kappa shape index (κ2) is 5.44. The van der Waals surface area contributed by atoms with E-state index in [-0.39, 0.29) is 23.7 Å². The van der Waals surface area contributed by atoms with Crippen molar-refractivity contribution in [1.29, 1.82) is 0 Å². The molecule has 0 spiro atoms. The van der Waals surface area contributed by atoms with Crippen LogP contribution >= 0.6 is 0 Å². The van der Waals surface area contributed by atoms with E-state index in [0.29, 0.717) is 11.3 Å². The summed E-state index contributed by atoms with van der Waals surface area (Å²) in [6.45, 7) is 4.63. The Morgan fingerprint density at radius 1 is 1.09 bits per heavy atom. The van der Waals surface area contributed by atoms with Crippen LogP contribution in [0.25, 0.3) is 0 Å². The fraction of sp³-hybridized carbons (Fsp3) is 0.857. The Labute approximate surface area is 140 Å². The van der Waals surface area contributed by atoms with Crippen LogP contribution in [-0.2, 0) is 4.79 Å². The van der Waals surface area contributed by atoms with Gasteiger partial charge >= 0.3 is 0 Å². The topological polar surface area (TPSA) is 37.3 Å². The number of aliphatic hydroxyl groups excluding tert-OH is 1. The SMILES string of the molecule is C[C@]12CC[C@H]3[C@@H](CCC4CCC=C[C@@]43C)[C@@H]1CC[C@@H]2C(=O)CO. The highest BCUT2D eigenvalue weighted by Gasteiger charge is 2.60. The lowest BCUT2D eigenvalue weighted by Gasteiger charge is -2.59. The number of fused-ring (bicyclic) bond motifs is 5. The minimum absolute atomic E-state index is 0.103. The molecule has 1 unspecified atom stereocenters. The highest BCUT2D eigenvalue weighted by molar-refractivity contribution is 5.83. The Kier molecular flexibility index (Phi) is 3.75. The van der Waals surface area contributed by atoms with E-state index in [4.69, 9.17) is 0 Å². The number of carbonyl (C=O) groups is 1. The highest BCUT2D eigenvalue weighted by atomic mass is 16.3. The van der Waals surface area contributed by atoms with Crippen molar-refractivity contribution in [3.8, 4) is 0 Å². The number of allylic oxidation sites excluding steroid dienone is 2. The second-order valence-corrected chi connectivity index (χ2v) is 9.30. The first kappa shape index (κ1) is 15.9. The molecular formula is C21H32O2. The molecule has 2 nitrogen and oxygen atoms in total. The van der Waals surface area contributed by atoms with Gasteiger partial charge in [-0.05, 0) is 85.9 Å². The molecule has 0 amide bonds. The predicted molar refractivity (Wildman–Crippen MR) is 91.8 cm³/mol. The summed E-state index contributed by atoms with van der Waals surface area (Å²) in [6, 6.07) is 0. The number of Topliss-reactive ketones (excluding diaryl/α,β-unsaturated/α-hetero) is 1. The first-order valence-corrected chi connectivity index (χ1v) is 9.82. The maximum Gasteiger partial charge on any atom is 0.161 e. The molecule has 0 aromatic heterocycles. The number of aliphatic hydroxyl groups is 1. The van der Waals surface area contributed by atoms with Crippen molar-refractivity contribution < 1.29 is 9.90 Å². The molecule has 0 heterocycles. The van der Waals surface area contributed by atoms with E-state index in [2.05, 4.69) is 26.0 Å². The normalized spacial score (nSPS) is 51.7. The van der Waals surface area contributed by atoms with Gasteiger partial charge in [-0.1, -0.05) is 26.0 Å². The van der Waals surface area contributed by atoms with Gasteiger partial charge in [-0.3, -0.25) is 4.79 Å². The first-order chi connectivity index (χ1) is 11.0. The Morgan fingerprint density at radius 2 is 1.91 bits per heavy atom. The molecule has 4 rings (SSSR count). The van der Waals surface area contributed by atoms with E-state index < -0.39 is 0 Å². The summed E-state index contributed by atoms with van der Waals surface area (Å²) in [4.78, 5) is 12.3. The smallest absolute Gasteiger partial charge is 0.161 e. The molecule has 0 saturated heterocycles. The number of rotatable bonds is 2. The molecule has 0 aliphatic heterocycles. The largest absolute Gasteiger partial charge is 0.389 e. The Morgan fingerprint density at radius 3 is 2.70 bits per heavy atom. The van der Waals surface area contributed by atoms with Gasteiger partial charge in [0.15, 0.2) is 5.78 Å². The molecule has 4 aliphatic rings. The maximum absolute atomic E-state index is 12.3. The summed E-state index contributed by atoms with van der Waals surface area (Å²) < 4.78 is 0. The van der Waals surface area contributed by atoms with Crippen molar-refractivity contribution in [2.45, 2.75) is 65.2 Å². The summed E-state index contributed by atoms with van der Waals surface area (Å²) in [5.41, 5.74) is 0.560. The zero-order chi connectivity index (χ0) is 16.2. The molecule has 3 fully saturated rings. The zero-order valence-electron chi connectivity index (χ0n) is 14.8. The molecule has 0 aromatic carbocycles. The Bertz CT molecular complexity index is 524. The van der Waals surface area contributed by atoms with Gasteiger partial charge in [0.25, 0.3) is 0 Å². The van der Waals surface area contributed by atoms with E-state index in [1.165, 1.54) is 44.9 Å². The lowest BCUT2D eigenvalue weighted by Crippen LogP contribution is -2.52. The van der Waals surface area contributed by atoms with E-state index in [0.717, 1.165) is 24.2 Å². The Hall–Kier alpha value is -0.630. The summed E-state index contributed by atoms with van der Waals surface area (Å²) >= 11 is 0. The van der Waals surface area contributed by atoms with Crippen LogP contribution in [0.4, 0.5) is 0 Å². The van der Waals surface area contributed by atoms with Crippen LogP contribution in [0.3, 0.4) is 0 Å². The van der Waals surface area contributed by atoms with Crippen molar-refractivity contribution >= 4 is 5.78 Å². The summed E-state index contributed by atoms with van der Waals surface area (Å²) in [6.07, 6.45) is 15.1. The van der Waals surface area contributed by atoms with Gasteiger partial charge in [-0.2, -0.15) is 0 Å². The van der Waals surface area contributed by atoms with E-state index >= 15 is 0 Å². The monoisotopic (exact) mass is 316 g/mol. The second-order valence-electron chi connectivity index (χ2n) is 9.30. The lowest BCUT2D eigenvalue weighted by molar-refractivity contribution is -0.134. The van der Waals surface area contributed by atoms with Gasteiger partial charge in [0.2, 0.25) is 0 Å². The van der Waals surface area contributed by atoms with Crippen molar-refractivity contribution in [1.82, 2.24) is 0 Å². The molecule has 1 N–H and O–H groups in total. The standard InChI is InChI=1S/C21H32O2/c1-20-11-4-3-5-14(20)6-7-15-16-8-9-18(19(23)13-22)21(16,2)12-10-17(15)20/h4,11,14-18,22H,3,5-10,12-13H2,1-2H3/t14?,15-,16-,17-,18+,20-,21-/m0/s1. The number of ketones is 1. The summed E-state index contributed by atoms with van der Waals surface area (Å²) in [5, 5.41) is 9.37. The number of carbonyl (C=O) groups excluding carboxylic acids is 1. The molecule has 128 valence electrons. The number of hydrogen-bond donors (Lipinski definition) is 1. The Balaban J connectivity index is 1.64. The van der Waals surface area contributed by atoms with E-state index in [1.54, 1.807) is 0 Å². The van der Waals surface area contributed by atoms with Gasteiger partial charge < -0.3 is 5.11 Å². The van der Waals surface area contributed by atoms with Crippen LogP contribution in [0.1, 0.15) is 65.2 Å². The first-order valence-electron chi connectivity index (χ1n) is 9.82. The van der Waals surface area contributed by atoms with Crippen LogP contribution in [0.5, 0.6) is 0 Å². The third-order valence-electron chi connectivity index (χ3n) is 8.67. The third-order valence-corrected chi connectivity index (χ3v) is 8.67. The van der Waals surface area contributed by atoms with Crippen LogP contribution < -0.4 is 0 Å². The molecule has 4 aliphatic carbocycles. The fourth-order valence-electron chi connectivity index (χ4n) is 7.46. The molecule has 0 aromatic rings. The van der Waals surface area contributed by atoms with Gasteiger partial charge in [0.1, 0.15) is 6.61 Å². The molecular weight excluding hydrogens is 284 g/mol. The average Bonchev–Trinajstić information content (AvgIpc) is 2.91. The van der Waals surface area contributed by atoms with Crippen molar-refractivity contribution in [3.63, 3.8) is 0 Å². The molecule has 2 heteroatoms. The molecule has 23 heavy (non-hydrogen) atoms. The van der Waals surface area contributed by atoms with Crippen LogP contribution in [0, 0.1) is 40.4 Å². The lowest BCUT2D eigenvalue weighted by atomic mass is 9.46. The number of hydrogen-bond acceptors (Lipinski definition) is 2. The minimum Gasteiger partial charge on any atom is -0.389 e. The zero-order valence-corrected chi connectivity index (χ0v) is 14.8. The molecule has 7 atom stereocenters. The van der Waals surface area contributed by atoms with E-state index in [9.17, 15) is 9.90 Å². The molecule has 0 bridgehead atoms. The van der Waals surface area contributed by atoms with Crippen molar-refractivity contribution in [2.24, 2.45) is 40.4 Å². The average molecular weight is 316 g/mol. The van der Waals surface area contributed by atoms with Gasteiger partial charge in [0, 0.05) is 5.92 Å². The molecule has 3 saturated carbocycles. The van der Waals surface area contributed by atoms with Crippen molar-refractivity contribution in [2.75, 3.05) is 6.61 Å². The van der Waals surface area contributed by atoms with Gasteiger partial charge in [-0.15, -0.1) is 0 Å². The van der Waals surface area contributed by atoms with Crippen LogP contribution in [0.15, 0.2) is 12.2 Å². The fourth-order valence-corrected chi connectivity index (χ4v) is 7.46. The van der Waals surface area contributed by atoms with Crippen molar-refractivity contribution in [3.05, 3.63) is 12.2 Å². The quantitative estimate of drug-likeness (QED) is 0.768. The highest BCUT2D eigenvalue weighted by Crippen LogP contribution is 2.66. The third kappa shape index (κ3) is 2.13. The van der Waals surface area contributed by atoms with Gasteiger partial charge in [-0.25, -0.2) is 0 Å². The van der Waals surface area contributed by atoms with Crippen LogP contribution in [0.2, 0.25) is 0 Å². The minimum atomic E-state index is -0.260. The summed E-state index contributed by atoms with van der Waals surface area (Å²) in [7, 11) is 0. The maximum atomic E-state index is 12.3. The van der Waals surface area contributed by atoms with Crippen LogP contribution in [-0.4, -0.2) is 17.5 Å². The van der Waals surface area contributed by atoms with Gasteiger partial charge in [0.05, 0.1) is 0 Å².